The number of ether oxygens (including phenoxy) is 1. The highest BCUT2D eigenvalue weighted by molar-refractivity contribution is 7.17. The Hall–Kier alpha value is -2.22. The molecule has 7 heteroatoms. The Morgan fingerprint density at radius 2 is 1.91 bits per heavy atom. The summed E-state index contributed by atoms with van der Waals surface area (Å²) in [6.07, 6.45) is 2.89. The molecule has 1 aliphatic heterocycles. The summed E-state index contributed by atoms with van der Waals surface area (Å²) in [6, 6.07) is 10.3. The topological polar surface area (TPSA) is 61.9 Å². The molecule has 178 valence electrons. The molecule has 6 nitrogen and oxygen atoms in total. The first-order valence-corrected chi connectivity index (χ1v) is 12.9. The van der Waals surface area contributed by atoms with Gasteiger partial charge in [-0.05, 0) is 50.2 Å². The van der Waals surface area contributed by atoms with Gasteiger partial charge in [0.05, 0.1) is 18.2 Å². The molecule has 2 unspecified atom stereocenters. The second-order valence-electron chi connectivity index (χ2n) is 9.24. The van der Waals surface area contributed by atoms with Gasteiger partial charge in [0, 0.05) is 37.6 Å². The van der Waals surface area contributed by atoms with Crippen molar-refractivity contribution >= 4 is 28.2 Å². The van der Waals surface area contributed by atoms with Gasteiger partial charge in [-0.2, -0.15) is 0 Å². The molecule has 1 aromatic heterocycles. The van der Waals surface area contributed by atoms with E-state index in [1.807, 2.05) is 19.9 Å². The van der Waals surface area contributed by atoms with Crippen molar-refractivity contribution in [2.75, 3.05) is 38.1 Å². The number of carbonyl (C=O) groups is 2. The smallest absolute Gasteiger partial charge is 0.341 e. The summed E-state index contributed by atoms with van der Waals surface area (Å²) in [6.45, 7) is 10.9. The van der Waals surface area contributed by atoms with E-state index in [1.165, 1.54) is 10.4 Å². The Labute approximate surface area is 200 Å². The number of piperazine rings is 1. The number of carbonyl (C=O) groups excluding carboxylic acids is 2. The number of anilines is 1. The van der Waals surface area contributed by atoms with Gasteiger partial charge in [0.25, 0.3) is 0 Å². The highest BCUT2D eigenvalue weighted by Gasteiger charge is 2.31. The molecule has 0 saturated carbocycles. The number of esters is 1. The molecular formula is C26H35N3O3S. The third kappa shape index (κ3) is 5.65. The zero-order valence-electron chi connectivity index (χ0n) is 19.9. The van der Waals surface area contributed by atoms with Gasteiger partial charge < -0.3 is 10.1 Å². The molecule has 2 atom stereocenters. The SMILES string of the molecule is CCOC(=O)c1c(NC(=O)C(C)N2CCN(Cc3ccccc3)CC2)sc2c1CCC(C)C2. The lowest BCUT2D eigenvalue weighted by Crippen LogP contribution is -2.52. The van der Waals surface area contributed by atoms with Crippen LogP contribution in [0.2, 0.25) is 0 Å². The van der Waals surface area contributed by atoms with E-state index < -0.39 is 0 Å². The summed E-state index contributed by atoms with van der Waals surface area (Å²) in [7, 11) is 0. The van der Waals surface area contributed by atoms with Gasteiger partial charge in [-0.25, -0.2) is 4.79 Å². The lowest BCUT2D eigenvalue weighted by atomic mass is 9.88. The fraction of sp³-hybridized carbons (Fsp3) is 0.538. The molecule has 1 N–H and O–H groups in total. The number of amides is 1. The van der Waals surface area contributed by atoms with Crippen molar-refractivity contribution in [2.45, 2.75) is 52.6 Å². The van der Waals surface area contributed by atoms with Crippen LogP contribution in [-0.4, -0.2) is 60.5 Å². The fourth-order valence-electron chi connectivity index (χ4n) is 4.79. The van der Waals surface area contributed by atoms with Gasteiger partial charge in [0.2, 0.25) is 5.91 Å². The zero-order valence-corrected chi connectivity index (χ0v) is 20.7. The Kier molecular flexibility index (Phi) is 7.83. The van der Waals surface area contributed by atoms with E-state index >= 15 is 0 Å². The van der Waals surface area contributed by atoms with Crippen molar-refractivity contribution in [3.8, 4) is 0 Å². The van der Waals surface area contributed by atoms with Crippen LogP contribution in [0.15, 0.2) is 30.3 Å². The van der Waals surface area contributed by atoms with Crippen molar-refractivity contribution in [3.05, 3.63) is 51.9 Å². The number of nitrogens with zero attached hydrogens (tertiary/aromatic N) is 2. The van der Waals surface area contributed by atoms with E-state index in [2.05, 4.69) is 46.3 Å². The molecule has 33 heavy (non-hydrogen) atoms. The molecule has 2 heterocycles. The van der Waals surface area contributed by atoms with E-state index in [4.69, 9.17) is 4.74 Å². The van der Waals surface area contributed by atoms with Crippen molar-refractivity contribution in [1.82, 2.24) is 9.80 Å². The number of hydrogen-bond donors (Lipinski definition) is 1. The van der Waals surface area contributed by atoms with E-state index in [1.54, 1.807) is 11.3 Å². The van der Waals surface area contributed by atoms with E-state index in [9.17, 15) is 9.59 Å². The maximum absolute atomic E-state index is 13.2. The molecule has 0 bridgehead atoms. The fourth-order valence-corrected chi connectivity index (χ4v) is 6.19. The summed E-state index contributed by atoms with van der Waals surface area (Å²) in [4.78, 5) is 31.8. The lowest BCUT2D eigenvalue weighted by molar-refractivity contribution is -0.121. The number of thiophene rings is 1. The summed E-state index contributed by atoms with van der Waals surface area (Å²) >= 11 is 1.55. The standard InChI is InChI=1S/C26H35N3O3S/c1-4-32-26(31)23-21-11-10-18(2)16-22(21)33-25(23)27-24(30)19(3)29-14-12-28(13-15-29)17-20-8-6-5-7-9-20/h5-9,18-19H,4,10-17H2,1-3H3,(H,27,30). The number of hydrogen-bond acceptors (Lipinski definition) is 6. The van der Waals surface area contributed by atoms with Crippen LogP contribution >= 0.6 is 11.3 Å². The van der Waals surface area contributed by atoms with Crippen LogP contribution < -0.4 is 5.32 Å². The van der Waals surface area contributed by atoms with Crippen molar-refractivity contribution in [2.24, 2.45) is 5.92 Å². The third-order valence-electron chi connectivity index (χ3n) is 6.81. The first kappa shape index (κ1) is 23.9. The van der Waals surface area contributed by atoms with Crippen LogP contribution in [0.25, 0.3) is 0 Å². The molecule has 2 aliphatic rings. The van der Waals surface area contributed by atoms with E-state index in [-0.39, 0.29) is 17.9 Å². The maximum Gasteiger partial charge on any atom is 0.341 e. The largest absolute Gasteiger partial charge is 0.462 e. The normalized spacial score (nSPS) is 20.2. The summed E-state index contributed by atoms with van der Waals surface area (Å²) < 4.78 is 5.34. The van der Waals surface area contributed by atoms with Crippen LogP contribution in [-0.2, 0) is 28.9 Å². The van der Waals surface area contributed by atoms with Gasteiger partial charge in [-0.1, -0.05) is 37.3 Å². The van der Waals surface area contributed by atoms with Crippen molar-refractivity contribution in [3.63, 3.8) is 0 Å². The predicted molar refractivity (Wildman–Crippen MR) is 133 cm³/mol. The number of fused-ring (bicyclic) bond motifs is 1. The highest BCUT2D eigenvalue weighted by atomic mass is 32.1. The first-order valence-electron chi connectivity index (χ1n) is 12.1. The van der Waals surface area contributed by atoms with Gasteiger partial charge >= 0.3 is 5.97 Å². The minimum absolute atomic E-state index is 0.0521. The van der Waals surface area contributed by atoms with Gasteiger partial charge in [0.1, 0.15) is 5.00 Å². The second kappa shape index (κ2) is 10.8. The molecule has 1 saturated heterocycles. The molecule has 0 spiro atoms. The Morgan fingerprint density at radius 1 is 1.18 bits per heavy atom. The minimum atomic E-state index is -0.318. The monoisotopic (exact) mass is 469 g/mol. The Balaban J connectivity index is 1.39. The zero-order chi connectivity index (χ0) is 23.4. The molecule has 1 amide bonds. The Bertz CT molecular complexity index is 967. The number of benzene rings is 1. The van der Waals surface area contributed by atoms with Crippen LogP contribution in [0.4, 0.5) is 5.00 Å². The van der Waals surface area contributed by atoms with E-state index in [0.717, 1.165) is 57.5 Å². The quantitative estimate of drug-likeness (QED) is 0.616. The molecule has 2 aromatic rings. The molecule has 0 radical (unpaired) electrons. The molecule has 4 rings (SSSR count). The average molecular weight is 470 g/mol. The average Bonchev–Trinajstić information content (AvgIpc) is 3.16. The number of nitrogens with one attached hydrogen (secondary N) is 1. The highest BCUT2D eigenvalue weighted by Crippen LogP contribution is 2.40. The van der Waals surface area contributed by atoms with Crippen LogP contribution in [0.5, 0.6) is 0 Å². The summed E-state index contributed by atoms with van der Waals surface area (Å²) in [5, 5.41) is 3.75. The van der Waals surface area contributed by atoms with Crippen molar-refractivity contribution in [1.29, 1.82) is 0 Å². The van der Waals surface area contributed by atoms with Crippen molar-refractivity contribution < 1.29 is 14.3 Å². The first-order chi connectivity index (χ1) is 16.0. The summed E-state index contributed by atoms with van der Waals surface area (Å²) in [5.74, 6) is 0.228. The molecule has 1 fully saturated rings. The van der Waals surface area contributed by atoms with Crippen LogP contribution in [0.3, 0.4) is 0 Å². The minimum Gasteiger partial charge on any atom is -0.462 e. The van der Waals surface area contributed by atoms with Gasteiger partial charge in [0.15, 0.2) is 0 Å². The number of rotatable bonds is 7. The predicted octanol–water partition coefficient (Wildman–Crippen LogP) is 4.19. The third-order valence-corrected chi connectivity index (χ3v) is 7.98. The maximum atomic E-state index is 13.2. The van der Waals surface area contributed by atoms with Crippen LogP contribution in [0, 0.1) is 5.92 Å². The van der Waals surface area contributed by atoms with Crippen LogP contribution in [0.1, 0.15) is 53.6 Å². The van der Waals surface area contributed by atoms with Gasteiger partial charge in [-0.15, -0.1) is 11.3 Å². The lowest BCUT2D eigenvalue weighted by Gasteiger charge is -2.37. The molecule has 1 aromatic carbocycles. The molecule has 1 aliphatic carbocycles. The summed E-state index contributed by atoms with van der Waals surface area (Å²) in [5.41, 5.74) is 2.98. The molecular weight excluding hydrogens is 434 g/mol. The van der Waals surface area contributed by atoms with Gasteiger partial charge in [-0.3, -0.25) is 14.6 Å². The Morgan fingerprint density at radius 3 is 2.61 bits per heavy atom. The second-order valence-corrected chi connectivity index (χ2v) is 10.3. The van der Waals surface area contributed by atoms with E-state index in [0.29, 0.717) is 23.1 Å².